The monoisotopic (exact) mass is 351 g/mol. The summed E-state index contributed by atoms with van der Waals surface area (Å²) in [6.07, 6.45) is 5.71. The number of H-pyrrole nitrogens is 2. The second kappa shape index (κ2) is 7.47. The minimum absolute atomic E-state index is 0.0301. The lowest BCUT2D eigenvalue weighted by Crippen LogP contribution is -2.23. The Morgan fingerprint density at radius 1 is 1.19 bits per heavy atom. The van der Waals surface area contributed by atoms with Crippen LogP contribution in [0.25, 0.3) is 11.4 Å². The molecule has 8 heteroatoms. The van der Waals surface area contributed by atoms with E-state index in [2.05, 4.69) is 36.1 Å². The van der Waals surface area contributed by atoms with Gasteiger partial charge in [-0.15, -0.1) is 10.2 Å². The van der Waals surface area contributed by atoms with Gasteiger partial charge in [0, 0.05) is 30.6 Å². The van der Waals surface area contributed by atoms with E-state index in [1.807, 2.05) is 24.3 Å². The number of rotatable bonds is 6. The van der Waals surface area contributed by atoms with Gasteiger partial charge in [-0.1, -0.05) is 18.2 Å². The fraction of sp³-hybridized carbons (Fsp3) is 0.389. The molecule has 0 atom stereocenters. The summed E-state index contributed by atoms with van der Waals surface area (Å²) >= 11 is 0. The highest BCUT2D eigenvalue weighted by Gasteiger charge is 2.17. The van der Waals surface area contributed by atoms with Crippen molar-refractivity contribution in [2.24, 2.45) is 0 Å². The number of aromatic nitrogens is 6. The number of benzene rings is 1. The zero-order valence-corrected chi connectivity index (χ0v) is 14.5. The largest absolute Gasteiger partial charge is 0.352 e. The van der Waals surface area contributed by atoms with Crippen LogP contribution in [0.4, 0.5) is 0 Å². The zero-order chi connectivity index (χ0) is 17.8. The lowest BCUT2D eigenvalue weighted by atomic mass is 9.94. The molecule has 4 rings (SSSR count). The van der Waals surface area contributed by atoms with Gasteiger partial charge in [-0.05, 0) is 48.1 Å². The van der Waals surface area contributed by atoms with Gasteiger partial charge in [-0.3, -0.25) is 9.89 Å². The lowest BCUT2D eigenvalue weighted by Gasteiger charge is -2.11. The van der Waals surface area contributed by atoms with E-state index < -0.39 is 0 Å². The smallest absolute Gasteiger partial charge is 0.220 e. The highest BCUT2D eigenvalue weighted by molar-refractivity contribution is 5.76. The summed E-state index contributed by atoms with van der Waals surface area (Å²) in [7, 11) is 0. The fourth-order valence-corrected chi connectivity index (χ4v) is 3.38. The number of nitrogens with one attached hydrogen (secondary N) is 3. The Hall–Kier alpha value is -3.03. The molecule has 0 aliphatic heterocycles. The van der Waals surface area contributed by atoms with Crippen molar-refractivity contribution in [2.45, 2.75) is 45.1 Å². The predicted octanol–water partition coefficient (Wildman–Crippen LogP) is 1.72. The quantitative estimate of drug-likeness (QED) is 0.626. The van der Waals surface area contributed by atoms with E-state index >= 15 is 0 Å². The number of hydrogen-bond donors (Lipinski definition) is 3. The van der Waals surface area contributed by atoms with Crippen molar-refractivity contribution >= 4 is 5.91 Å². The standard InChI is InChI=1S/C18H21N7O/c26-17(9-8-16-14-6-1-2-7-15(14)20-21-16)19-11-12-4-3-5-13(10-12)18-22-24-25-23-18/h3-5,10H,1-2,6-9,11H2,(H,19,26)(H,20,21)(H,22,23,24,25). The molecule has 1 amide bonds. The van der Waals surface area contributed by atoms with E-state index in [1.54, 1.807) is 0 Å². The van der Waals surface area contributed by atoms with E-state index in [0.29, 0.717) is 25.2 Å². The average Bonchev–Trinajstić information content (AvgIpc) is 3.35. The molecule has 2 heterocycles. The van der Waals surface area contributed by atoms with Gasteiger partial charge >= 0.3 is 0 Å². The van der Waals surface area contributed by atoms with Crippen LogP contribution in [0.2, 0.25) is 0 Å². The van der Waals surface area contributed by atoms with E-state index in [4.69, 9.17) is 0 Å². The number of aryl methyl sites for hydroxylation is 2. The Kier molecular flexibility index (Phi) is 4.72. The Balaban J connectivity index is 1.30. The number of carbonyl (C=O) groups is 1. The number of carbonyl (C=O) groups excluding carboxylic acids is 1. The molecular formula is C18H21N7O. The van der Waals surface area contributed by atoms with Gasteiger partial charge in [0.25, 0.3) is 0 Å². The third kappa shape index (κ3) is 3.63. The number of tetrazole rings is 1. The molecule has 0 spiro atoms. The first-order valence-electron chi connectivity index (χ1n) is 8.94. The first-order valence-corrected chi connectivity index (χ1v) is 8.94. The first kappa shape index (κ1) is 16.4. The second-order valence-corrected chi connectivity index (χ2v) is 6.55. The Bertz CT molecular complexity index is 885. The van der Waals surface area contributed by atoms with Crippen LogP contribution in [-0.4, -0.2) is 36.7 Å². The lowest BCUT2D eigenvalue weighted by molar-refractivity contribution is -0.121. The number of hydrogen-bond acceptors (Lipinski definition) is 5. The molecular weight excluding hydrogens is 330 g/mol. The van der Waals surface area contributed by atoms with Gasteiger partial charge in [-0.25, -0.2) is 0 Å². The third-order valence-corrected chi connectivity index (χ3v) is 4.75. The Morgan fingerprint density at radius 3 is 3.00 bits per heavy atom. The molecule has 0 bridgehead atoms. The molecule has 0 saturated heterocycles. The van der Waals surface area contributed by atoms with Gasteiger partial charge in [0.05, 0.1) is 5.69 Å². The molecule has 3 aromatic rings. The molecule has 3 N–H and O–H groups in total. The molecule has 1 aromatic carbocycles. The number of nitrogens with zero attached hydrogens (tertiary/aromatic N) is 4. The maximum atomic E-state index is 12.2. The van der Waals surface area contributed by atoms with Crippen molar-refractivity contribution < 1.29 is 4.79 Å². The van der Waals surface area contributed by atoms with Crippen molar-refractivity contribution in [1.29, 1.82) is 0 Å². The predicted molar refractivity (Wildman–Crippen MR) is 95.0 cm³/mol. The first-order chi connectivity index (χ1) is 12.8. The van der Waals surface area contributed by atoms with E-state index in [-0.39, 0.29) is 5.91 Å². The maximum absolute atomic E-state index is 12.2. The summed E-state index contributed by atoms with van der Waals surface area (Å²) in [5, 5.41) is 24.5. The van der Waals surface area contributed by atoms with Crippen LogP contribution in [0, 0.1) is 0 Å². The fourth-order valence-electron chi connectivity index (χ4n) is 3.38. The molecule has 0 unspecified atom stereocenters. The minimum atomic E-state index is 0.0301. The highest BCUT2D eigenvalue weighted by atomic mass is 16.1. The van der Waals surface area contributed by atoms with Crippen LogP contribution < -0.4 is 5.32 Å². The summed E-state index contributed by atoms with van der Waals surface area (Å²) in [6, 6.07) is 7.75. The van der Waals surface area contributed by atoms with Crippen molar-refractivity contribution in [2.75, 3.05) is 0 Å². The SMILES string of the molecule is O=C(CCc1n[nH]c2c1CCCC2)NCc1cccc(-c2nn[nH]n2)c1. The van der Waals surface area contributed by atoms with E-state index in [1.165, 1.54) is 24.1 Å². The number of aromatic amines is 2. The normalized spacial score (nSPS) is 13.4. The van der Waals surface area contributed by atoms with Crippen LogP contribution in [-0.2, 0) is 30.6 Å². The zero-order valence-electron chi connectivity index (χ0n) is 14.5. The minimum Gasteiger partial charge on any atom is -0.352 e. The summed E-state index contributed by atoms with van der Waals surface area (Å²) in [6.45, 7) is 0.475. The number of amides is 1. The van der Waals surface area contributed by atoms with Crippen molar-refractivity contribution in [3.05, 3.63) is 46.8 Å². The van der Waals surface area contributed by atoms with Gasteiger partial charge < -0.3 is 5.32 Å². The summed E-state index contributed by atoms with van der Waals surface area (Å²) in [4.78, 5) is 12.2. The van der Waals surface area contributed by atoms with E-state index in [9.17, 15) is 4.79 Å². The Morgan fingerprint density at radius 2 is 2.12 bits per heavy atom. The average molecular weight is 351 g/mol. The topological polar surface area (TPSA) is 112 Å². The maximum Gasteiger partial charge on any atom is 0.220 e. The van der Waals surface area contributed by atoms with Crippen molar-refractivity contribution in [1.82, 2.24) is 36.1 Å². The molecule has 26 heavy (non-hydrogen) atoms. The molecule has 134 valence electrons. The third-order valence-electron chi connectivity index (χ3n) is 4.75. The molecule has 8 nitrogen and oxygen atoms in total. The van der Waals surface area contributed by atoms with Gasteiger partial charge in [0.15, 0.2) is 0 Å². The molecule has 0 fully saturated rings. The van der Waals surface area contributed by atoms with Gasteiger partial charge in [-0.2, -0.15) is 10.3 Å². The van der Waals surface area contributed by atoms with Crippen LogP contribution in [0.3, 0.4) is 0 Å². The Labute approximate surface area is 150 Å². The van der Waals surface area contributed by atoms with Crippen LogP contribution in [0.15, 0.2) is 24.3 Å². The summed E-state index contributed by atoms with van der Waals surface area (Å²) in [5.41, 5.74) is 5.50. The molecule has 1 aliphatic carbocycles. The summed E-state index contributed by atoms with van der Waals surface area (Å²) < 4.78 is 0. The van der Waals surface area contributed by atoms with E-state index in [0.717, 1.165) is 29.7 Å². The second-order valence-electron chi connectivity index (χ2n) is 6.55. The molecule has 0 radical (unpaired) electrons. The molecule has 1 aliphatic rings. The van der Waals surface area contributed by atoms with Crippen LogP contribution >= 0.6 is 0 Å². The van der Waals surface area contributed by atoms with Crippen molar-refractivity contribution in [3.63, 3.8) is 0 Å². The van der Waals surface area contributed by atoms with Crippen LogP contribution in [0.1, 0.15) is 41.8 Å². The molecule has 2 aromatic heterocycles. The van der Waals surface area contributed by atoms with Crippen LogP contribution in [0.5, 0.6) is 0 Å². The van der Waals surface area contributed by atoms with Gasteiger partial charge in [0.1, 0.15) is 0 Å². The number of fused-ring (bicyclic) bond motifs is 1. The molecule has 0 saturated carbocycles. The van der Waals surface area contributed by atoms with Gasteiger partial charge in [0.2, 0.25) is 11.7 Å². The summed E-state index contributed by atoms with van der Waals surface area (Å²) in [5.74, 6) is 0.573. The highest BCUT2D eigenvalue weighted by Crippen LogP contribution is 2.22. The van der Waals surface area contributed by atoms with Crippen molar-refractivity contribution in [3.8, 4) is 11.4 Å².